The molecular weight excluding hydrogens is 385 g/mol. The van der Waals surface area contributed by atoms with E-state index in [2.05, 4.69) is 4.98 Å². The molecule has 150 valence electrons. The lowest BCUT2D eigenvalue weighted by Gasteiger charge is -2.19. The first kappa shape index (κ1) is 20.3. The van der Waals surface area contributed by atoms with E-state index in [4.69, 9.17) is 25.0 Å². The molecule has 1 aliphatic heterocycles. The molecule has 0 saturated carbocycles. The molecule has 1 aliphatic rings. The summed E-state index contributed by atoms with van der Waals surface area (Å²) in [4.78, 5) is 36.4. The second-order valence-corrected chi connectivity index (χ2v) is 8.13. The van der Waals surface area contributed by atoms with Crippen molar-refractivity contribution in [2.45, 2.75) is 19.1 Å². The van der Waals surface area contributed by atoms with Gasteiger partial charge in [0.05, 0.1) is 31.4 Å². The van der Waals surface area contributed by atoms with E-state index in [0.717, 1.165) is 5.56 Å². The molecule has 4 N–H and O–H groups in total. The number of anilines is 2. The molecule has 0 unspecified atom stereocenters. The van der Waals surface area contributed by atoms with E-state index < -0.39 is 7.60 Å². The normalized spacial score (nSPS) is 13.7. The van der Waals surface area contributed by atoms with Gasteiger partial charge in [0.15, 0.2) is 0 Å². The molecule has 28 heavy (non-hydrogen) atoms. The van der Waals surface area contributed by atoms with Gasteiger partial charge in [-0.3, -0.25) is 9.36 Å². The van der Waals surface area contributed by atoms with Crippen LogP contribution < -0.4 is 15.4 Å². The van der Waals surface area contributed by atoms with Gasteiger partial charge in [-0.1, -0.05) is 24.3 Å². The summed E-state index contributed by atoms with van der Waals surface area (Å²) in [5.74, 6) is 0.486. The number of carbonyl (C=O) groups is 1. The Morgan fingerprint density at radius 2 is 1.89 bits per heavy atom. The Balaban J connectivity index is 1.78. The minimum atomic E-state index is -4.12. The number of aromatic nitrogens is 1. The second kappa shape index (κ2) is 8.28. The van der Waals surface area contributed by atoms with Gasteiger partial charge in [-0.2, -0.15) is 4.98 Å². The van der Waals surface area contributed by atoms with Crippen molar-refractivity contribution < 1.29 is 28.6 Å². The van der Waals surface area contributed by atoms with Crippen LogP contribution in [0.4, 0.5) is 11.5 Å². The van der Waals surface area contributed by atoms with Crippen molar-refractivity contribution >= 4 is 25.0 Å². The Labute approximate surface area is 162 Å². The lowest BCUT2D eigenvalue weighted by Crippen LogP contribution is -2.26. The number of amides is 1. The van der Waals surface area contributed by atoms with Gasteiger partial charge in [-0.05, 0) is 11.1 Å². The van der Waals surface area contributed by atoms with E-state index in [1.54, 1.807) is 42.3 Å². The zero-order chi connectivity index (χ0) is 20.3. The standard InChI is InChI=1S/C18H22N3O6P/c1-26-6-7-27-16-9-15-14(18(19)20-16)8-17(22)21(15)10-12-2-4-13(5-3-12)11-28(23,24)25/h2-5,9H,6-8,10-11H2,1H3,(H2,19,20)(H2,23,24,25). The number of benzene rings is 1. The molecule has 0 saturated heterocycles. The molecule has 1 amide bonds. The number of nitrogens with zero attached hydrogens (tertiary/aromatic N) is 2. The minimum absolute atomic E-state index is 0.100. The van der Waals surface area contributed by atoms with Gasteiger partial charge in [0.25, 0.3) is 0 Å². The minimum Gasteiger partial charge on any atom is -0.475 e. The lowest BCUT2D eigenvalue weighted by atomic mass is 10.1. The smallest absolute Gasteiger partial charge is 0.329 e. The van der Waals surface area contributed by atoms with Crippen molar-refractivity contribution in [3.63, 3.8) is 0 Å². The van der Waals surface area contributed by atoms with Gasteiger partial charge in [0.1, 0.15) is 12.4 Å². The first-order valence-electron chi connectivity index (χ1n) is 8.60. The number of nitrogen functional groups attached to an aromatic ring is 1. The van der Waals surface area contributed by atoms with Gasteiger partial charge < -0.3 is 29.9 Å². The highest BCUT2D eigenvalue weighted by atomic mass is 31.2. The maximum absolute atomic E-state index is 12.5. The van der Waals surface area contributed by atoms with Crippen molar-refractivity contribution in [1.29, 1.82) is 0 Å². The van der Waals surface area contributed by atoms with Crippen LogP contribution in [0, 0.1) is 0 Å². The molecule has 1 aromatic heterocycles. The van der Waals surface area contributed by atoms with Crippen LogP contribution in [-0.4, -0.2) is 41.0 Å². The molecule has 2 heterocycles. The van der Waals surface area contributed by atoms with Gasteiger partial charge >= 0.3 is 7.60 Å². The highest BCUT2D eigenvalue weighted by molar-refractivity contribution is 7.50. The summed E-state index contributed by atoms with van der Waals surface area (Å²) in [5.41, 5.74) is 8.69. The maximum atomic E-state index is 12.5. The molecule has 0 spiro atoms. The summed E-state index contributed by atoms with van der Waals surface area (Å²) in [6, 6.07) is 8.48. The number of methoxy groups -OCH3 is 1. The van der Waals surface area contributed by atoms with E-state index in [-0.39, 0.29) is 24.3 Å². The molecule has 9 nitrogen and oxygen atoms in total. The largest absolute Gasteiger partial charge is 0.475 e. The summed E-state index contributed by atoms with van der Waals surface area (Å²) in [6.45, 7) is 1.03. The van der Waals surface area contributed by atoms with Crippen LogP contribution in [0.1, 0.15) is 16.7 Å². The predicted octanol–water partition coefficient (Wildman–Crippen LogP) is 1.46. The second-order valence-electron chi connectivity index (χ2n) is 6.48. The first-order valence-corrected chi connectivity index (χ1v) is 10.4. The fourth-order valence-electron chi connectivity index (χ4n) is 3.00. The van der Waals surface area contributed by atoms with Crippen LogP contribution in [0.15, 0.2) is 30.3 Å². The fraction of sp³-hybridized carbons (Fsp3) is 0.333. The monoisotopic (exact) mass is 407 g/mol. The summed E-state index contributed by atoms with van der Waals surface area (Å²) < 4.78 is 21.6. The van der Waals surface area contributed by atoms with Gasteiger partial charge in [-0.25, -0.2) is 0 Å². The van der Waals surface area contributed by atoms with Crippen molar-refractivity contribution in [3.8, 4) is 5.88 Å². The molecule has 3 rings (SSSR count). The van der Waals surface area contributed by atoms with E-state index in [9.17, 15) is 9.36 Å². The summed E-state index contributed by atoms with van der Waals surface area (Å²) in [7, 11) is -2.55. The lowest BCUT2D eigenvalue weighted by molar-refractivity contribution is -0.117. The Morgan fingerprint density at radius 3 is 2.54 bits per heavy atom. The van der Waals surface area contributed by atoms with Crippen molar-refractivity contribution in [1.82, 2.24) is 4.98 Å². The molecule has 2 aromatic rings. The third-order valence-electron chi connectivity index (χ3n) is 4.32. The fourth-order valence-corrected chi connectivity index (χ4v) is 3.69. The highest BCUT2D eigenvalue weighted by Crippen LogP contribution is 2.39. The third-order valence-corrected chi connectivity index (χ3v) is 5.10. The number of ether oxygens (including phenoxy) is 2. The molecule has 0 radical (unpaired) electrons. The van der Waals surface area contributed by atoms with Crippen LogP contribution >= 0.6 is 7.60 Å². The average Bonchev–Trinajstić information content (AvgIpc) is 2.92. The van der Waals surface area contributed by atoms with Crippen LogP contribution in [0.5, 0.6) is 5.88 Å². The number of fused-ring (bicyclic) bond motifs is 1. The van der Waals surface area contributed by atoms with E-state index in [1.165, 1.54) is 0 Å². The molecule has 0 aliphatic carbocycles. The maximum Gasteiger partial charge on any atom is 0.329 e. The first-order chi connectivity index (χ1) is 13.3. The number of hydrogen-bond donors (Lipinski definition) is 3. The van der Waals surface area contributed by atoms with Gasteiger partial charge in [0.2, 0.25) is 11.8 Å². The molecule has 0 atom stereocenters. The van der Waals surface area contributed by atoms with E-state index in [1.807, 2.05) is 0 Å². The summed E-state index contributed by atoms with van der Waals surface area (Å²) in [5, 5.41) is 0. The molecule has 10 heteroatoms. The molecule has 0 bridgehead atoms. The number of rotatable bonds is 8. The van der Waals surface area contributed by atoms with Crippen molar-refractivity contribution in [2.75, 3.05) is 31.0 Å². The predicted molar refractivity (Wildman–Crippen MR) is 103 cm³/mol. The highest BCUT2D eigenvalue weighted by Gasteiger charge is 2.30. The molecular formula is C18H22N3O6P. The van der Waals surface area contributed by atoms with Crippen LogP contribution in [-0.2, 0) is 33.2 Å². The number of carbonyl (C=O) groups excluding carboxylic acids is 1. The zero-order valence-corrected chi connectivity index (χ0v) is 16.3. The molecule has 0 fully saturated rings. The number of nitrogens with two attached hydrogens (primary N) is 1. The summed E-state index contributed by atoms with van der Waals surface area (Å²) >= 11 is 0. The Kier molecular flexibility index (Phi) is 6.00. The van der Waals surface area contributed by atoms with Crippen LogP contribution in [0.2, 0.25) is 0 Å². The molecule has 1 aromatic carbocycles. The average molecular weight is 407 g/mol. The zero-order valence-electron chi connectivity index (χ0n) is 15.4. The van der Waals surface area contributed by atoms with E-state index in [0.29, 0.717) is 42.5 Å². The van der Waals surface area contributed by atoms with Gasteiger partial charge in [-0.15, -0.1) is 0 Å². The Bertz CT molecular complexity index is 912. The topological polar surface area (TPSA) is 135 Å². The Hall–Kier alpha value is -2.45. The van der Waals surface area contributed by atoms with Crippen molar-refractivity contribution in [3.05, 3.63) is 47.0 Å². The SMILES string of the molecule is COCCOc1cc2c(c(N)n1)CC(=O)N2Cc1ccc(CP(=O)(O)O)cc1. The van der Waals surface area contributed by atoms with Crippen LogP contribution in [0.3, 0.4) is 0 Å². The summed E-state index contributed by atoms with van der Waals surface area (Å²) in [6.07, 6.45) is -0.147. The van der Waals surface area contributed by atoms with Crippen LogP contribution in [0.25, 0.3) is 0 Å². The third kappa shape index (κ3) is 4.88. The Morgan fingerprint density at radius 1 is 1.21 bits per heavy atom. The van der Waals surface area contributed by atoms with E-state index >= 15 is 0 Å². The van der Waals surface area contributed by atoms with Gasteiger partial charge in [0, 0.05) is 18.7 Å². The van der Waals surface area contributed by atoms with Crippen molar-refractivity contribution in [2.24, 2.45) is 0 Å². The number of pyridine rings is 1. The quantitative estimate of drug-likeness (QED) is 0.442. The number of hydrogen-bond acceptors (Lipinski definition) is 6.